The van der Waals surface area contributed by atoms with E-state index < -0.39 is 0 Å². The molecule has 4 rings (SSSR count). The van der Waals surface area contributed by atoms with E-state index in [0.717, 1.165) is 24.4 Å². The highest BCUT2D eigenvalue weighted by Crippen LogP contribution is 2.39. The molecule has 0 aliphatic heterocycles. The van der Waals surface area contributed by atoms with Gasteiger partial charge in [0.15, 0.2) is 0 Å². The normalized spacial score (nSPS) is 13.1. The van der Waals surface area contributed by atoms with Gasteiger partial charge in [-0.2, -0.15) is 5.10 Å². The maximum absolute atomic E-state index is 12.9. The van der Waals surface area contributed by atoms with Gasteiger partial charge in [-0.25, -0.2) is 18.8 Å². The largest absolute Gasteiger partial charge is 0.495 e. The third-order valence-electron chi connectivity index (χ3n) is 4.79. The van der Waals surface area contributed by atoms with Crippen molar-refractivity contribution in [3.63, 3.8) is 0 Å². The molecule has 1 heterocycles. The maximum atomic E-state index is 12.9. The quantitative estimate of drug-likeness (QED) is 0.646. The first-order valence-corrected chi connectivity index (χ1v) is 9.60. The first-order chi connectivity index (χ1) is 14.2. The van der Waals surface area contributed by atoms with Crippen molar-refractivity contribution in [2.45, 2.75) is 25.3 Å². The number of ether oxygens (including phenoxy) is 1. The number of anilines is 1. The Morgan fingerprint density at radius 1 is 1.14 bits per heavy atom. The van der Waals surface area contributed by atoms with Gasteiger partial charge in [0.1, 0.15) is 11.6 Å². The lowest BCUT2D eigenvalue weighted by atomic mass is 10.3. The Balaban J connectivity index is 1.43. The molecule has 0 bridgehead atoms. The second-order valence-electron chi connectivity index (χ2n) is 6.89. The van der Waals surface area contributed by atoms with E-state index in [1.165, 1.54) is 4.68 Å². The Kier molecular flexibility index (Phi) is 5.33. The summed E-state index contributed by atoms with van der Waals surface area (Å²) in [6.07, 6.45) is 2.09. The molecule has 0 unspecified atom stereocenters. The van der Waals surface area contributed by atoms with Crippen molar-refractivity contribution < 1.29 is 9.53 Å². The monoisotopic (exact) mass is 393 g/mol. The van der Waals surface area contributed by atoms with Crippen molar-refractivity contribution >= 4 is 11.7 Å². The number of methoxy groups -OCH3 is 1. The Morgan fingerprint density at radius 3 is 2.59 bits per heavy atom. The van der Waals surface area contributed by atoms with Crippen LogP contribution in [0.25, 0.3) is 5.69 Å². The molecule has 1 aliphatic rings. The average molecular weight is 393 g/mol. The van der Waals surface area contributed by atoms with Gasteiger partial charge >= 0.3 is 11.7 Å². The van der Waals surface area contributed by atoms with Crippen LogP contribution in [0, 0.1) is 0 Å². The number of carbonyl (C=O) groups excluding carboxylic acids is 1. The van der Waals surface area contributed by atoms with E-state index in [0.29, 0.717) is 17.4 Å². The highest BCUT2D eigenvalue weighted by molar-refractivity contribution is 5.90. The van der Waals surface area contributed by atoms with Crippen LogP contribution in [0.3, 0.4) is 0 Å². The fraction of sp³-hybridized carbons (Fsp3) is 0.286. The van der Waals surface area contributed by atoms with Gasteiger partial charge in [-0.05, 0) is 37.1 Å². The van der Waals surface area contributed by atoms with Crippen molar-refractivity contribution in [3.05, 3.63) is 70.9 Å². The van der Waals surface area contributed by atoms with Crippen LogP contribution in [0.5, 0.6) is 5.75 Å². The van der Waals surface area contributed by atoms with Crippen molar-refractivity contribution in [2.24, 2.45) is 0 Å². The number of nitrogens with zero attached hydrogens (tertiary/aromatic N) is 3. The molecule has 2 aromatic carbocycles. The van der Waals surface area contributed by atoms with Crippen LogP contribution in [0.2, 0.25) is 0 Å². The van der Waals surface area contributed by atoms with Gasteiger partial charge in [-0.15, -0.1) is 0 Å². The number of aromatic nitrogens is 3. The highest BCUT2D eigenvalue weighted by atomic mass is 16.5. The summed E-state index contributed by atoms with van der Waals surface area (Å²) in [5.74, 6) is 1.69. The first kappa shape index (κ1) is 18.8. The van der Waals surface area contributed by atoms with Gasteiger partial charge in [0.2, 0.25) is 0 Å². The standard InChI is InChI=1S/C21H23N5O3/c1-29-18-10-6-5-9-17(18)23-20(27)22-13-14-25-21(28)26(16-7-3-2-4-8-16)19(24-25)15-11-12-15/h2-10,15H,11-14H2,1H3,(H2,22,23,27). The summed E-state index contributed by atoms with van der Waals surface area (Å²) in [6, 6.07) is 16.3. The molecule has 1 fully saturated rings. The van der Waals surface area contributed by atoms with E-state index in [9.17, 15) is 9.59 Å². The lowest BCUT2D eigenvalue weighted by molar-refractivity contribution is 0.251. The Morgan fingerprint density at radius 2 is 1.86 bits per heavy atom. The van der Waals surface area contributed by atoms with E-state index in [1.54, 1.807) is 23.8 Å². The van der Waals surface area contributed by atoms with Crippen LogP contribution < -0.4 is 21.1 Å². The zero-order valence-electron chi connectivity index (χ0n) is 16.2. The van der Waals surface area contributed by atoms with Gasteiger partial charge in [0.25, 0.3) is 0 Å². The summed E-state index contributed by atoms with van der Waals surface area (Å²) < 4.78 is 8.32. The van der Waals surface area contributed by atoms with E-state index in [-0.39, 0.29) is 24.8 Å². The molecule has 150 valence electrons. The molecule has 3 aromatic rings. The molecule has 1 saturated carbocycles. The van der Waals surface area contributed by atoms with Crippen LogP contribution in [-0.2, 0) is 6.54 Å². The summed E-state index contributed by atoms with van der Waals surface area (Å²) >= 11 is 0. The number of rotatable bonds is 7. The van der Waals surface area contributed by atoms with E-state index >= 15 is 0 Å². The third kappa shape index (κ3) is 4.16. The summed E-state index contributed by atoms with van der Waals surface area (Å²) in [5, 5.41) is 10.0. The molecule has 0 spiro atoms. The lowest BCUT2D eigenvalue weighted by Gasteiger charge is -2.10. The van der Waals surface area contributed by atoms with E-state index in [1.807, 2.05) is 42.5 Å². The highest BCUT2D eigenvalue weighted by Gasteiger charge is 2.31. The fourth-order valence-electron chi connectivity index (χ4n) is 3.19. The molecule has 1 aromatic heterocycles. The summed E-state index contributed by atoms with van der Waals surface area (Å²) in [7, 11) is 1.55. The smallest absolute Gasteiger partial charge is 0.350 e. The minimum absolute atomic E-state index is 0.190. The molecule has 2 N–H and O–H groups in total. The van der Waals surface area contributed by atoms with Crippen molar-refractivity contribution in [3.8, 4) is 11.4 Å². The minimum Gasteiger partial charge on any atom is -0.495 e. The zero-order valence-corrected chi connectivity index (χ0v) is 16.2. The van der Waals surface area contributed by atoms with Crippen molar-refractivity contribution in [1.29, 1.82) is 0 Å². The molecule has 0 atom stereocenters. The first-order valence-electron chi connectivity index (χ1n) is 9.60. The number of para-hydroxylation sites is 3. The minimum atomic E-state index is -0.368. The third-order valence-corrected chi connectivity index (χ3v) is 4.79. The van der Waals surface area contributed by atoms with Crippen LogP contribution in [0.15, 0.2) is 59.4 Å². The SMILES string of the molecule is COc1ccccc1NC(=O)NCCn1nc(C2CC2)n(-c2ccccc2)c1=O. The Bertz CT molecular complexity index is 1050. The number of nitrogens with one attached hydrogen (secondary N) is 2. The topological polar surface area (TPSA) is 90.2 Å². The average Bonchev–Trinajstić information content (AvgIpc) is 3.53. The van der Waals surface area contributed by atoms with Crippen LogP contribution in [0.1, 0.15) is 24.6 Å². The predicted octanol–water partition coefficient (Wildman–Crippen LogP) is 2.74. The molecule has 8 nitrogen and oxygen atoms in total. The van der Waals surface area contributed by atoms with Gasteiger partial charge in [-0.3, -0.25) is 0 Å². The van der Waals surface area contributed by atoms with E-state index in [2.05, 4.69) is 15.7 Å². The number of urea groups is 1. The number of carbonyl (C=O) groups is 1. The molecule has 29 heavy (non-hydrogen) atoms. The van der Waals surface area contributed by atoms with Crippen LogP contribution >= 0.6 is 0 Å². The van der Waals surface area contributed by atoms with Crippen molar-refractivity contribution in [2.75, 3.05) is 19.0 Å². The number of hydrogen-bond donors (Lipinski definition) is 2. The van der Waals surface area contributed by atoms with Gasteiger partial charge in [0.05, 0.1) is 25.0 Å². The van der Waals surface area contributed by atoms with Gasteiger partial charge in [0, 0.05) is 12.5 Å². The van der Waals surface area contributed by atoms with Crippen LogP contribution in [0.4, 0.5) is 10.5 Å². The molecular weight excluding hydrogens is 370 g/mol. The zero-order chi connectivity index (χ0) is 20.2. The van der Waals surface area contributed by atoms with E-state index in [4.69, 9.17) is 4.74 Å². The fourth-order valence-corrected chi connectivity index (χ4v) is 3.19. The predicted molar refractivity (Wildman–Crippen MR) is 110 cm³/mol. The number of hydrogen-bond acceptors (Lipinski definition) is 4. The summed E-state index contributed by atoms with van der Waals surface area (Å²) in [6.45, 7) is 0.564. The second-order valence-corrected chi connectivity index (χ2v) is 6.89. The molecular formula is C21H23N5O3. The number of benzene rings is 2. The summed E-state index contributed by atoms with van der Waals surface area (Å²) in [5.41, 5.74) is 1.20. The number of amides is 2. The molecule has 2 amide bonds. The lowest BCUT2D eigenvalue weighted by Crippen LogP contribution is -2.34. The molecule has 0 radical (unpaired) electrons. The Hall–Kier alpha value is -3.55. The van der Waals surface area contributed by atoms with Gasteiger partial charge < -0.3 is 15.4 Å². The van der Waals surface area contributed by atoms with Crippen LogP contribution in [-0.4, -0.2) is 34.0 Å². The Labute approximate surface area is 168 Å². The molecule has 1 aliphatic carbocycles. The molecule has 8 heteroatoms. The van der Waals surface area contributed by atoms with Crippen molar-refractivity contribution in [1.82, 2.24) is 19.7 Å². The molecule has 0 saturated heterocycles. The summed E-state index contributed by atoms with van der Waals surface area (Å²) in [4.78, 5) is 25.1. The maximum Gasteiger partial charge on any atom is 0.350 e. The second kappa shape index (κ2) is 8.22. The van der Waals surface area contributed by atoms with Gasteiger partial charge in [-0.1, -0.05) is 30.3 Å².